The van der Waals surface area contributed by atoms with E-state index in [0.29, 0.717) is 24.9 Å². The van der Waals surface area contributed by atoms with Crippen molar-refractivity contribution in [2.75, 3.05) is 18.0 Å². The van der Waals surface area contributed by atoms with Crippen molar-refractivity contribution in [2.45, 2.75) is 26.2 Å². The highest BCUT2D eigenvalue weighted by Crippen LogP contribution is 2.38. The van der Waals surface area contributed by atoms with Gasteiger partial charge in [-0.05, 0) is 47.0 Å². The van der Waals surface area contributed by atoms with Gasteiger partial charge in [-0.1, -0.05) is 13.3 Å². The van der Waals surface area contributed by atoms with Crippen molar-refractivity contribution in [3.05, 3.63) is 28.2 Å². The number of carbonyl (C=O) groups is 1. The lowest BCUT2D eigenvalue weighted by atomic mass is 9.83. The molecule has 1 heterocycles. The van der Waals surface area contributed by atoms with Gasteiger partial charge < -0.3 is 10.0 Å². The molecule has 4 nitrogen and oxygen atoms in total. The summed E-state index contributed by atoms with van der Waals surface area (Å²) in [4.78, 5) is 13.7. The van der Waals surface area contributed by atoms with Crippen molar-refractivity contribution in [2.24, 2.45) is 5.41 Å². The van der Waals surface area contributed by atoms with E-state index in [4.69, 9.17) is 5.26 Å². The van der Waals surface area contributed by atoms with Crippen LogP contribution in [-0.2, 0) is 4.79 Å². The summed E-state index contributed by atoms with van der Waals surface area (Å²) in [6, 6.07) is 7.65. The fourth-order valence-electron chi connectivity index (χ4n) is 2.85. The van der Waals surface area contributed by atoms with E-state index in [1.807, 2.05) is 19.1 Å². The van der Waals surface area contributed by atoms with Gasteiger partial charge in [-0.15, -0.1) is 0 Å². The Balaban J connectivity index is 2.22. The minimum Gasteiger partial charge on any atom is -0.481 e. The first-order chi connectivity index (χ1) is 9.52. The summed E-state index contributed by atoms with van der Waals surface area (Å²) in [5.41, 5.74) is 0.927. The quantitative estimate of drug-likeness (QED) is 0.915. The molecule has 5 heteroatoms. The zero-order valence-electron chi connectivity index (χ0n) is 11.4. The van der Waals surface area contributed by atoms with Crippen LogP contribution < -0.4 is 4.90 Å². The number of halogens is 1. The van der Waals surface area contributed by atoms with Crippen molar-refractivity contribution in [1.29, 1.82) is 5.26 Å². The normalized spacial score (nSPS) is 21.8. The van der Waals surface area contributed by atoms with Crippen LogP contribution in [0.15, 0.2) is 22.7 Å². The van der Waals surface area contributed by atoms with Gasteiger partial charge >= 0.3 is 5.97 Å². The third-order valence-electron chi connectivity index (χ3n) is 3.97. The second-order valence-corrected chi connectivity index (χ2v) is 6.14. The molecule has 0 bridgehead atoms. The lowest BCUT2D eigenvalue weighted by Gasteiger charge is -2.25. The standard InChI is InChI=1S/C15H17BrN2O2/c1-2-5-15(14(19)20)6-7-18(10-15)12-4-3-11(9-17)13(16)8-12/h3-4,8H,2,5-7,10H2,1H3,(H,19,20). The number of carboxylic acid groups (broad SMARTS) is 1. The predicted molar refractivity (Wildman–Crippen MR) is 80.7 cm³/mol. The number of nitriles is 1. The molecule has 2 rings (SSSR count). The number of nitrogens with zero attached hydrogens (tertiary/aromatic N) is 2. The second kappa shape index (κ2) is 5.84. The van der Waals surface area contributed by atoms with Crippen molar-refractivity contribution in [1.82, 2.24) is 0 Å². The Labute approximate surface area is 127 Å². The van der Waals surface area contributed by atoms with E-state index in [9.17, 15) is 9.90 Å². The van der Waals surface area contributed by atoms with Crippen LogP contribution in [0.25, 0.3) is 0 Å². The fraction of sp³-hybridized carbons (Fsp3) is 0.467. The molecule has 0 spiro atoms. The molecule has 1 fully saturated rings. The molecule has 1 atom stereocenters. The summed E-state index contributed by atoms with van der Waals surface area (Å²) in [7, 11) is 0. The lowest BCUT2D eigenvalue weighted by Crippen LogP contribution is -2.34. The second-order valence-electron chi connectivity index (χ2n) is 5.28. The molecule has 0 aromatic heterocycles. The molecule has 0 amide bonds. The maximum absolute atomic E-state index is 11.6. The average molecular weight is 337 g/mol. The summed E-state index contributed by atoms with van der Waals surface area (Å²) >= 11 is 3.38. The van der Waals surface area contributed by atoms with E-state index in [-0.39, 0.29) is 0 Å². The number of rotatable bonds is 4. The van der Waals surface area contributed by atoms with Gasteiger partial charge in [0.05, 0.1) is 11.0 Å². The summed E-state index contributed by atoms with van der Waals surface area (Å²) in [6.07, 6.45) is 2.25. The first-order valence-corrected chi connectivity index (χ1v) is 7.50. The first-order valence-electron chi connectivity index (χ1n) is 6.70. The molecule has 20 heavy (non-hydrogen) atoms. The van der Waals surface area contributed by atoms with Crippen LogP contribution in [0.1, 0.15) is 31.7 Å². The topological polar surface area (TPSA) is 64.3 Å². The first kappa shape index (κ1) is 14.9. The molecule has 1 aromatic carbocycles. The zero-order valence-corrected chi connectivity index (χ0v) is 13.0. The van der Waals surface area contributed by atoms with Gasteiger partial charge in [0, 0.05) is 23.2 Å². The molecule has 0 saturated carbocycles. The van der Waals surface area contributed by atoms with Crippen LogP contribution >= 0.6 is 15.9 Å². The van der Waals surface area contributed by atoms with Gasteiger partial charge in [-0.25, -0.2) is 0 Å². The maximum Gasteiger partial charge on any atom is 0.311 e. The van der Waals surface area contributed by atoms with E-state index < -0.39 is 11.4 Å². The Morgan fingerprint density at radius 2 is 2.35 bits per heavy atom. The lowest BCUT2D eigenvalue weighted by molar-refractivity contribution is -0.148. The van der Waals surface area contributed by atoms with Crippen molar-refractivity contribution in [3.63, 3.8) is 0 Å². The van der Waals surface area contributed by atoms with Crippen molar-refractivity contribution < 1.29 is 9.90 Å². The Morgan fingerprint density at radius 1 is 1.60 bits per heavy atom. The number of hydrogen-bond acceptors (Lipinski definition) is 3. The van der Waals surface area contributed by atoms with E-state index in [0.717, 1.165) is 23.1 Å². The Hall–Kier alpha value is -1.54. The van der Waals surface area contributed by atoms with Crippen molar-refractivity contribution >= 4 is 27.6 Å². The maximum atomic E-state index is 11.6. The summed E-state index contributed by atoms with van der Waals surface area (Å²) in [5.74, 6) is -0.699. The number of carboxylic acids is 1. The van der Waals surface area contributed by atoms with Crippen LogP contribution in [0.5, 0.6) is 0 Å². The Morgan fingerprint density at radius 3 is 2.90 bits per heavy atom. The molecule has 1 saturated heterocycles. The van der Waals surface area contributed by atoms with Gasteiger partial charge in [-0.2, -0.15) is 5.26 Å². The molecular formula is C15H17BrN2O2. The highest BCUT2D eigenvalue weighted by Gasteiger charge is 2.44. The van der Waals surface area contributed by atoms with Gasteiger partial charge in [0.2, 0.25) is 0 Å². The largest absolute Gasteiger partial charge is 0.481 e. The van der Waals surface area contributed by atoms with Crippen LogP contribution in [0.3, 0.4) is 0 Å². The van der Waals surface area contributed by atoms with Crippen molar-refractivity contribution in [3.8, 4) is 6.07 Å². The Kier molecular flexibility index (Phi) is 4.34. The third kappa shape index (κ3) is 2.66. The number of hydrogen-bond donors (Lipinski definition) is 1. The smallest absolute Gasteiger partial charge is 0.311 e. The van der Waals surface area contributed by atoms with Gasteiger partial charge in [-0.3, -0.25) is 4.79 Å². The molecule has 1 aliphatic heterocycles. The molecule has 1 N–H and O–H groups in total. The zero-order chi connectivity index (χ0) is 14.8. The Bertz CT molecular complexity index is 567. The van der Waals surface area contributed by atoms with Gasteiger partial charge in [0.25, 0.3) is 0 Å². The molecule has 1 unspecified atom stereocenters. The van der Waals surface area contributed by atoms with Gasteiger partial charge in [0.1, 0.15) is 6.07 Å². The molecule has 0 radical (unpaired) electrons. The van der Waals surface area contributed by atoms with E-state index in [1.165, 1.54) is 0 Å². The predicted octanol–water partition coefficient (Wildman–Crippen LogP) is 3.40. The third-order valence-corrected chi connectivity index (χ3v) is 4.63. The average Bonchev–Trinajstić information content (AvgIpc) is 2.85. The highest BCUT2D eigenvalue weighted by molar-refractivity contribution is 9.10. The summed E-state index contributed by atoms with van der Waals surface area (Å²) in [5, 5.41) is 18.4. The highest BCUT2D eigenvalue weighted by atomic mass is 79.9. The fourth-order valence-corrected chi connectivity index (χ4v) is 3.30. The minimum atomic E-state index is -0.699. The SMILES string of the molecule is CCCC1(C(=O)O)CCN(c2ccc(C#N)c(Br)c2)C1. The van der Waals surface area contributed by atoms with Crippen LogP contribution in [-0.4, -0.2) is 24.2 Å². The number of aliphatic carboxylic acids is 1. The van der Waals surface area contributed by atoms with Crippen LogP contribution in [0, 0.1) is 16.7 Å². The van der Waals surface area contributed by atoms with E-state index in [1.54, 1.807) is 6.07 Å². The number of anilines is 1. The van der Waals surface area contributed by atoms with E-state index in [2.05, 4.69) is 26.9 Å². The molecular weight excluding hydrogens is 320 g/mol. The monoisotopic (exact) mass is 336 g/mol. The summed E-state index contributed by atoms with van der Waals surface area (Å²) < 4.78 is 0.751. The number of benzene rings is 1. The van der Waals surface area contributed by atoms with E-state index >= 15 is 0 Å². The molecule has 0 aliphatic carbocycles. The van der Waals surface area contributed by atoms with Crippen LogP contribution in [0.4, 0.5) is 5.69 Å². The summed E-state index contributed by atoms with van der Waals surface area (Å²) in [6.45, 7) is 3.30. The molecule has 1 aromatic rings. The molecule has 106 valence electrons. The van der Waals surface area contributed by atoms with Gasteiger partial charge in [0.15, 0.2) is 0 Å². The minimum absolute atomic E-state index is 0.536. The molecule has 1 aliphatic rings. The van der Waals surface area contributed by atoms with Crippen LogP contribution in [0.2, 0.25) is 0 Å².